The molecule has 0 aliphatic rings. The van der Waals surface area contributed by atoms with Gasteiger partial charge in [0, 0.05) is 23.5 Å². The largest absolute Gasteiger partial charge is 0.383 e. The van der Waals surface area contributed by atoms with E-state index in [0.29, 0.717) is 17.1 Å². The molecule has 6 N–H and O–H groups in total. The molecule has 124 valence electrons. The molecule has 0 atom stereocenters. The fourth-order valence-electron chi connectivity index (χ4n) is 2.27. The van der Waals surface area contributed by atoms with Gasteiger partial charge in [-0.1, -0.05) is 26.5 Å². The van der Waals surface area contributed by atoms with Crippen molar-refractivity contribution >= 4 is 28.7 Å². The molecule has 0 amide bonds. The van der Waals surface area contributed by atoms with E-state index in [0.717, 1.165) is 29.5 Å². The summed E-state index contributed by atoms with van der Waals surface area (Å²) in [6.45, 7) is 10.0. The molecular weight excluding hydrogens is 300 g/mol. The Kier molecular flexibility index (Phi) is 5.31. The van der Waals surface area contributed by atoms with Gasteiger partial charge in [0.2, 0.25) is 0 Å². The van der Waals surface area contributed by atoms with Crippen molar-refractivity contribution in [3.63, 3.8) is 0 Å². The van der Waals surface area contributed by atoms with Crippen LogP contribution in [0.1, 0.15) is 36.5 Å². The van der Waals surface area contributed by atoms with E-state index in [1.165, 1.54) is 0 Å². The summed E-state index contributed by atoms with van der Waals surface area (Å²) in [6, 6.07) is 5.44. The minimum Gasteiger partial charge on any atom is -0.383 e. The van der Waals surface area contributed by atoms with Gasteiger partial charge in [0.15, 0.2) is 0 Å². The Hall–Kier alpha value is -3.15. The Morgan fingerprint density at radius 3 is 2.54 bits per heavy atom. The third-order valence-electron chi connectivity index (χ3n) is 3.54. The molecule has 0 saturated heterocycles. The van der Waals surface area contributed by atoms with Crippen LogP contribution in [0.25, 0.3) is 11.3 Å². The lowest BCUT2D eigenvalue weighted by Crippen LogP contribution is -2.18. The quantitative estimate of drug-likeness (QED) is 0.558. The van der Waals surface area contributed by atoms with Crippen LogP contribution in [0.15, 0.2) is 48.7 Å². The molecule has 0 spiro atoms. The predicted octanol–water partition coefficient (Wildman–Crippen LogP) is 2.83. The first kappa shape index (κ1) is 17.2. The number of amidine groups is 1. The number of nitrogens with zero attached hydrogens (tertiary/aromatic N) is 3. The van der Waals surface area contributed by atoms with E-state index in [2.05, 4.69) is 35.0 Å². The second kappa shape index (κ2) is 7.41. The number of aliphatic imine (C=N–C) groups is 1. The number of hydrogen-bond acceptors (Lipinski definition) is 5. The van der Waals surface area contributed by atoms with Crippen molar-refractivity contribution in [2.24, 2.45) is 10.7 Å². The fraction of sp³-hybridized carbons (Fsp3) is 0.167. The van der Waals surface area contributed by atoms with Crippen LogP contribution < -0.4 is 17.2 Å². The topological polar surface area (TPSA) is 116 Å². The van der Waals surface area contributed by atoms with Crippen LogP contribution in [0.3, 0.4) is 0 Å². The summed E-state index contributed by atoms with van der Waals surface area (Å²) in [7, 11) is 0. The van der Waals surface area contributed by atoms with Crippen molar-refractivity contribution < 1.29 is 0 Å². The average Bonchev–Trinajstić information content (AvgIpc) is 2.55. The normalized spacial score (nSPS) is 11.3. The highest BCUT2D eigenvalue weighted by atomic mass is 14.9. The number of allylic oxidation sites excluding steroid dienone is 1. The zero-order chi connectivity index (χ0) is 17.7. The molecule has 0 aliphatic heterocycles. The summed E-state index contributed by atoms with van der Waals surface area (Å²) >= 11 is 0. The highest BCUT2D eigenvalue weighted by molar-refractivity contribution is 6.04. The zero-order valence-electron chi connectivity index (χ0n) is 13.8. The van der Waals surface area contributed by atoms with E-state index in [-0.39, 0.29) is 11.7 Å². The van der Waals surface area contributed by atoms with Gasteiger partial charge >= 0.3 is 0 Å². The van der Waals surface area contributed by atoms with Gasteiger partial charge in [-0.3, -0.25) is 4.98 Å². The Morgan fingerprint density at radius 1 is 1.21 bits per heavy atom. The zero-order valence-corrected chi connectivity index (χ0v) is 13.8. The van der Waals surface area contributed by atoms with Gasteiger partial charge in [0.25, 0.3) is 0 Å². The maximum atomic E-state index is 6.11. The Labute approximate surface area is 141 Å². The van der Waals surface area contributed by atoms with Gasteiger partial charge < -0.3 is 17.2 Å². The van der Waals surface area contributed by atoms with Crippen molar-refractivity contribution in [1.29, 1.82) is 0 Å². The standard InChI is InChI=1S/C18H22N6/c1-4-6-11(2)14-9-15(18(21)24-16(14)19)17(20)23-12(3)13-7-5-8-22-10-13/h5,7-10H,2-4,6H2,1H3,(H2,20,23)(H4,19,21,24). The highest BCUT2D eigenvalue weighted by Gasteiger charge is 2.13. The molecule has 6 nitrogen and oxygen atoms in total. The number of nitrogen functional groups attached to an aromatic ring is 2. The number of hydrogen-bond donors (Lipinski definition) is 3. The number of nitrogens with two attached hydrogens (primary N) is 3. The molecule has 24 heavy (non-hydrogen) atoms. The number of anilines is 2. The molecule has 0 radical (unpaired) electrons. The second-order valence-corrected chi connectivity index (χ2v) is 5.39. The summed E-state index contributed by atoms with van der Waals surface area (Å²) in [4.78, 5) is 12.5. The SMILES string of the molecule is C=C(N=C(N)c1cc(C(=C)CCC)c(N)nc1N)c1cccnc1. The molecule has 0 aliphatic carbocycles. The summed E-state index contributed by atoms with van der Waals surface area (Å²) in [5, 5.41) is 0. The summed E-state index contributed by atoms with van der Waals surface area (Å²) in [5.41, 5.74) is 21.4. The molecule has 2 rings (SSSR count). The van der Waals surface area contributed by atoms with E-state index < -0.39 is 0 Å². The lowest BCUT2D eigenvalue weighted by Gasteiger charge is -2.12. The number of pyridine rings is 2. The molecular formula is C18H22N6. The number of rotatable bonds is 6. The summed E-state index contributed by atoms with van der Waals surface area (Å²) in [6.07, 6.45) is 5.11. The van der Waals surface area contributed by atoms with Crippen molar-refractivity contribution in [2.45, 2.75) is 19.8 Å². The van der Waals surface area contributed by atoms with Gasteiger partial charge in [0.1, 0.15) is 17.5 Å². The van der Waals surface area contributed by atoms with E-state index in [1.54, 1.807) is 24.5 Å². The molecule has 2 aromatic rings. The smallest absolute Gasteiger partial charge is 0.136 e. The molecule has 0 unspecified atom stereocenters. The van der Waals surface area contributed by atoms with E-state index in [9.17, 15) is 0 Å². The predicted molar refractivity (Wildman–Crippen MR) is 101 cm³/mol. The molecule has 0 bridgehead atoms. The highest BCUT2D eigenvalue weighted by Crippen LogP contribution is 2.26. The average molecular weight is 322 g/mol. The maximum absolute atomic E-state index is 6.11. The minimum atomic E-state index is 0.222. The molecule has 0 aromatic carbocycles. The van der Waals surface area contributed by atoms with Gasteiger partial charge in [-0.15, -0.1) is 0 Å². The lowest BCUT2D eigenvalue weighted by atomic mass is 10.0. The van der Waals surface area contributed by atoms with Gasteiger partial charge in [-0.05, 0) is 30.2 Å². The molecule has 2 aromatic heterocycles. The molecule has 0 saturated carbocycles. The van der Waals surface area contributed by atoms with Crippen LogP contribution in [0.5, 0.6) is 0 Å². The Morgan fingerprint density at radius 2 is 1.92 bits per heavy atom. The minimum absolute atomic E-state index is 0.222. The lowest BCUT2D eigenvalue weighted by molar-refractivity contribution is 0.974. The van der Waals surface area contributed by atoms with Crippen molar-refractivity contribution in [1.82, 2.24) is 9.97 Å². The van der Waals surface area contributed by atoms with Crippen LogP contribution in [0, 0.1) is 0 Å². The van der Waals surface area contributed by atoms with E-state index in [1.807, 2.05) is 6.07 Å². The van der Waals surface area contributed by atoms with Crippen molar-refractivity contribution in [3.05, 3.63) is 60.4 Å². The van der Waals surface area contributed by atoms with Crippen molar-refractivity contribution in [2.75, 3.05) is 11.5 Å². The first-order valence-electron chi connectivity index (χ1n) is 7.62. The van der Waals surface area contributed by atoms with Crippen LogP contribution in [-0.4, -0.2) is 15.8 Å². The van der Waals surface area contributed by atoms with Crippen LogP contribution >= 0.6 is 0 Å². The number of aromatic nitrogens is 2. The van der Waals surface area contributed by atoms with Crippen LogP contribution in [0.2, 0.25) is 0 Å². The fourth-order valence-corrected chi connectivity index (χ4v) is 2.27. The molecule has 2 heterocycles. The maximum Gasteiger partial charge on any atom is 0.136 e. The molecule has 6 heteroatoms. The summed E-state index contributed by atoms with van der Waals surface area (Å²) < 4.78 is 0. The summed E-state index contributed by atoms with van der Waals surface area (Å²) in [5.74, 6) is 0.786. The van der Waals surface area contributed by atoms with E-state index in [4.69, 9.17) is 17.2 Å². The third-order valence-corrected chi connectivity index (χ3v) is 3.54. The Bertz CT molecular complexity index is 793. The molecule has 0 fully saturated rings. The van der Waals surface area contributed by atoms with E-state index >= 15 is 0 Å². The van der Waals surface area contributed by atoms with Crippen molar-refractivity contribution in [3.8, 4) is 0 Å². The van der Waals surface area contributed by atoms with Gasteiger partial charge in [0.05, 0.1) is 11.3 Å². The van der Waals surface area contributed by atoms with Crippen LogP contribution in [0.4, 0.5) is 11.6 Å². The van der Waals surface area contributed by atoms with Gasteiger partial charge in [-0.2, -0.15) is 0 Å². The monoisotopic (exact) mass is 322 g/mol. The first-order chi connectivity index (χ1) is 11.4. The third kappa shape index (κ3) is 3.78. The Balaban J connectivity index is 2.40. The van der Waals surface area contributed by atoms with Crippen LogP contribution in [-0.2, 0) is 0 Å². The second-order valence-electron chi connectivity index (χ2n) is 5.39. The first-order valence-corrected chi connectivity index (χ1v) is 7.62. The van der Waals surface area contributed by atoms with Gasteiger partial charge in [-0.25, -0.2) is 9.98 Å².